The number of esters is 1. The van der Waals surface area contributed by atoms with E-state index in [1.165, 1.54) is 19.2 Å². The summed E-state index contributed by atoms with van der Waals surface area (Å²) < 4.78 is 35.6. The molecule has 0 bridgehead atoms. The zero-order valence-electron chi connectivity index (χ0n) is 14.3. The fourth-order valence-electron chi connectivity index (χ4n) is 2.43. The molecule has 5 nitrogen and oxygen atoms in total. The molecule has 0 aliphatic carbocycles. The van der Waals surface area contributed by atoms with Crippen molar-refractivity contribution >= 4 is 17.6 Å². The molecule has 0 N–H and O–H groups in total. The summed E-state index contributed by atoms with van der Waals surface area (Å²) in [6.45, 7) is 3.21. The SMILES string of the molecule is [CH2-]Cc1c(C(=O)OC)nc(-c2ccc(OC(F)F)c(Cl)c2)n1C[CH-]C.[U+2]. The van der Waals surface area contributed by atoms with Crippen LogP contribution in [0.15, 0.2) is 18.2 Å². The fraction of sp³-hybridized carbons (Fsp3) is 0.294. The van der Waals surface area contributed by atoms with Crippen LogP contribution in [-0.2, 0) is 17.7 Å². The standard InChI is InChI=1S/C17H17ClF2N2O3.U/c1-4-8-22-12(5-2)14(16(23)24-3)21-15(22)10-6-7-13(11(18)9-10)25-17(19)20;/h4,6-7,9,17H,2,5,8H2,1,3H3;/q-2;+2. The number of methoxy groups -OCH3 is 1. The van der Waals surface area contributed by atoms with Crippen LogP contribution < -0.4 is 4.74 Å². The van der Waals surface area contributed by atoms with Crippen molar-refractivity contribution in [2.45, 2.75) is 26.5 Å². The second-order valence-electron chi connectivity index (χ2n) is 5.01. The number of carbonyl (C=O) groups is 1. The Balaban J connectivity index is 0.00000338. The Kier molecular flexibility index (Phi) is 9.08. The number of carbonyl (C=O) groups excluding carboxylic acids is 1. The van der Waals surface area contributed by atoms with Crippen LogP contribution in [0.5, 0.6) is 5.75 Å². The Morgan fingerprint density at radius 1 is 1.46 bits per heavy atom. The third kappa shape index (κ3) is 4.99. The Bertz CT molecular complexity index is 769. The molecule has 138 valence electrons. The van der Waals surface area contributed by atoms with E-state index < -0.39 is 12.6 Å². The van der Waals surface area contributed by atoms with Crippen molar-refractivity contribution < 1.29 is 54.2 Å². The van der Waals surface area contributed by atoms with Crippen LogP contribution in [0.25, 0.3) is 11.4 Å². The summed E-state index contributed by atoms with van der Waals surface area (Å²) in [5.41, 5.74) is 1.33. The number of hydrogen-bond donors (Lipinski definition) is 0. The van der Waals surface area contributed by atoms with Crippen molar-refractivity contribution in [1.82, 2.24) is 9.55 Å². The molecular weight excluding hydrogens is 592 g/mol. The van der Waals surface area contributed by atoms with E-state index in [0.29, 0.717) is 30.0 Å². The van der Waals surface area contributed by atoms with Gasteiger partial charge in [0.2, 0.25) is 0 Å². The molecule has 0 aliphatic heterocycles. The second-order valence-corrected chi connectivity index (χ2v) is 5.42. The van der Waals surface area contributed by atoms with Crippen molar-refractivity contribution in [2.75, 3.05) is 7.11 Å². The summed E-state index contributed by atoms with van der Waals surface area (Å²) in [5, 5.41) is 0.0172. The van der Waals surface area contributed by atoms with Crippen molar-refractivity contribution in [3.05, 3.63) is 48.0 Å². The van der Waals surface area contributed by atoms with E-state index in [1.807, 2.05) is 13.3 Å². The summed E-state index contributed by atoms with van der Waals surface area (Å²) in [6.07, 6.45) is 2.22. The molecule has 26 heavy (non-hydrogen) atoms. The molecule has 0 unspecified atom stereocenters. The van der Waals surface area contributed by atoms with Crippen LogP contribution in [-0.4, -0.2) is 29.2 Å². The summed E-state index contributed by atoms with van der Waals surface area (Å²) in [6, 6.07) is 4.34. The van der Waals surface area contributed by atoms with Gasteiger partial charge in [0.05, 0.1) is 12.1 Å². The minimum Gasteiger partial charge on any atom is -0.464 e. The summed E-state index contributed by atoms with van der Waals surface area (Å²) in [4.78, 5) is 16.3. The van der Waals surface area contributed by atoms with Gasteiger partial charge in [0, 0.05) is 11.3 Å². The normalized spacial score (nSPS) is 10.6. The number of imidazole rings is 1. The molecule has 0 atom stereocenters. The van der Waals surface area contributed by atoms with Gasteiger partial charge in [-0.25, -0.2) is 9.78 Å². The Labute approximate surface area is 179 Å². The summed E-state index contributed by atoms with van der Waals surface area (Å²) in [7, 11) is 1.27. The maximum Gasteiger partial charge on any atom is 2.00 e. The maximum absolute atomic E-state index is 12.4. The zero-order chi connectivity index (χ0) is 18.6. The number of benzene rings is 1. The first-order valence-electron chi connectivity index (χ1n) is 7.42. The van der Waals surface area contributed by atoms with Gasteiger partial charge in [-0.1, -0.05) is 18.1 Å². The third-order valence-electron chi connectivity index (χ3n) is 3.46. The molecule has 0 radical (unpaired) electrons. The molecule has 0 spiro atoms. The van der Waals surface area contributed by atoms with Crippen LogP contribution in [0, 0.1) is 44.5 Å². The monoisotopic (exact) mass is 608 g/mol. The van der Waals surface area contributed by atoms with Crippen LogP contribution >= 0.6 is 11.6 Å². The first-order chi connectivity index (χ1) is 11.9. The Hall–Kier alpha value is -1.10. The quantitative estimate of drug-likeness (QED) is 0.350. The van der Waals surface area contributed by atoms with Crippen LogP contribution in [0.1, 0.15) is 23.1 Å². The number of alkyl halides is 2. The average molecular weight is 609 g/mol. The van der Waals surface area contributed by atoms with Gasteiger partial charge >= 0.3 is 43.7 Å². The first kappa shape index (κ1) is 22.9. The fourth-order valence-corrected chi connectivity index (χ4v) is 2.66. The van der Waals surface area contributed by atoms with E-state index in [1.54, 1.807) is 10.6 Å². The van der Waals surface area contributed by atoms with Crippen molar-refractivity contribution in [1.29, 1.82) is 0 Å². The van der Waals surface area contributed by atoms with Gasteiger partial charge < -0.3 is 27.4 Å². The van der Waals surface area contributed by atoms with Gasteiger partial charge in [0.25, 0.3) is 0 Å². The first-order valence-corrected chi connectivity index (χ1v) is 7.80. The predicted octanol–water partition coefficient (Wildman–Crippen LogP) is 4.19. The summed E-state index contributed by atoms with van der Waals surface area (Å²) in [5.74, 6) is -0.243. The molecule has 1 aromatic carbocycles. The van der Waals surface area contributed by atoms with Gasteiger partial charge in [-0.2, -0.15) is 15.7 Å². The minimum absolute atomic E-state index is 0. The number of halogens is 3. The minimum atomic E-state index is -2.97. The molecule has 0 saturated carbocycles. The van der Waals surface area contributed by atoms with Crippen LogP contribution in [0.4, 0.5) is 8.78 Å². The number of aromatic nitrogens is 2. The second kappa shape index (κ2) is 10.3. The van der Waals surface area contributed by atoms with E-state index >= 15 is 0 Å². The number of nitrogens with zero attached hydrogens (tertiary/aromatic N) is 2. The van der Waals surface area contributed by atoms with Crippen molar-refractivity contribution in [3.63, 3.8) is 0 Å². The third-order valence-corrected chi connectivity index (χ3v) is 3.75. The summed E-state index contributed by atoms with van der Waals surface area (Å²) >= 11 is 6.02. The maximum atomic E-state index is 12.4. The van der Waals surface area contributed by atoms with Crippen LogP contribution in [0.2, 0.25) is 5.02 Å². The zero-order valence-corrected chi connectivity index (χ0v) is 19.2. The van der Waals surface area contributed by atoms with Gasteiger partial charge in [-0.05, 0) is 18.2 Å². The van der Waals surface area contributed by atoms with E-state index in [2.05, 4.69) is 16.6 Å². The van der Waals surface area contributed by atoms with Gasteiger partial charge in [0.15, 0.2) is 5.69 Å². The smallest absolute Gasteiger partial charge is 0.464 e. The number of ether oxygens (including phenoxy) is 2. The molecule has 9 heteroatoms. The molecule has 0 fully saturated rings. The Morgan fingerprint density at radius 2 is 2.15 bits per heavy atom. The molecule has 2 aromatic rings. The molecule has 1 aromatic heterocycles. The largest absolute Gasteiger partial charge is 2.00 e. The van der Waals surface area contributed by atoms with Gasteiger partial charge in [0.1, 0.15) is 11.6 Å². The molecule has 2 rings (SSSR count). The van der Waals surface area contributed by atoms with E-state index in [0.717, 1.165) is 0 Å². The average Bonchev–Trinajstić information content (AvgIpc) is 2.94. The predicted molar refractivity (Wildman–Crippen MR) is 89.7 cm³/mol. The number of rotatable bonds is 7. The number of hydrogen-bond acceptors (Lipinski definition) is 4. The van der Waals surface area contributed by atoms with Crippen LogP contribution in [0.3, 0.4) is 0 Å². The molecular formula is C17H17ClF2N2O3U. The van der Waals surface area contributed by atoms with E-state index in [-0.39, 0.29) is 47.6 Å². The Morgan fingerprint density at radius 3 is 2.65 bits per heavy atom. The molecule has 0 amide bonds. The van der Waals surface area contributed by atoms with Crippen molar-refractivity contribution in [2.24, 2.45) is 0 Å². The van der Waals surface area contributed by atoms with Gasteiger partial charge in [-0.15, -0.1) is 6.42 Å². The van der Waals surface area contributed by atoms with Crippen molar-refractivity contribution in [3.8, 4) is 17.1 Å². The molecule has 1 heterocycles. The van der Waals surface area contributed by atoms with E-state index in [9.17, 15) is 13.6 Å². The van der Waals surface area contributed by atoms with Gasteiger partial charge in [-0.3, -0.25) is 0 Å². The van der Waals surface area contributed by atoms with E-state index in [4.69, 9.17) is 16.3 Å². The molecule has 0 saturated heterocycles. The molecule has 0 aliphatic rings. The topological polar surface area (TPSA) is 53.4 Å².